The van der Waals surface area contributed by atoms with Crippen LogP contribution in [0.5, 0.6) is 0 Å². The summed E-state index contributed by atoms with van der Waals surface area (Å²) in [5.41, 5.74) is 7.69. The average Bonchev–Trinajstić information content (AvgIpc) is 2.36. The van der Waals surface area contributed by atoms with Crippen molar-refractivity contribution in [2.75, 3.05) is 0 Å². The lowest BCUT2D eigenvalue weighted by Gasteiger charge is -2.16. The van der Waals surface area contributed by atoms with Gasteiger partial charge < -0.3 is 0 Å². The molecular formula is C15H19N3. The second-order valence-corrected chi connectivity index (χ2v) is 4.71. The molecule has 2 aromatic rings. The van der Waals surface area contributed by atoms with Gasteiger partial charge in [0.1, 0.15) is 0 Å². The summed E-state index contributed by atoms with van der Waals surface area (Å²) in [4.78, 5) is 4.22. The average molecular weight is 241 g/mol. The quantitative estimate of drug-likeness (QED) is 0.638. The maximum absolute atomic E-state index is 5.66. The van der Waals surface area contributed by atoms with Crippen molar-refractivity contribution in [3.8, 4) is 0 Å². The lowest BCUT2D eigenvalue weighted by Crippen LogP contribution is -2.29. The van der Waals surface area contributed by atoms with Crippen molar-refractivity contribution in [1.82, 2.24) is 10.4 Å². The third-order valence-corrected chi connectivity index (χ3v) is 3.02. The maximum atomic E-state index is 5.66. The van der Waals surface area contributed by atoms with Crippen LogP contribution in [0, 0.1) is 13.8 Å². The Labute approximate surface area is 108 Å². The van der Waals surface area contributed by atoms with E-state index < -0.39 is 0 Å². The van der Waals surface area contributed by atoms with Gasteiger partial charge in [0.15, 0.2) is 0 Å². The van der Waals surface area contributed by atoms with Crippen LogP contribution in [0.3, 0.4) is 0 Å². The van der Waals surface area contributed by atoms with Crippen LogP contribution in [0.1, 0.15) is 28.3 Å². The Hall–Kier alpha value is -1.71. The predicted molar refractivity (Wildman–Crippen MR) is 73.9 cm³/mol. The van der Waals surface area contributed by atoms with E-state index in [1.165, 1.54) is 11.1 Å². The maximum Gasteiger partial charge on any atom is 0.0515 e. The summed E-state index contributed by atoms with van der Waals surface area (Å²) < 4.78 is 0. The molecule has 0 radical (unpaired) electrons. The van der Waals surface area contributed by atoms with Gasteiger partial charge in [-0.2, -0.15) is 0 Å². The molecule has 3 heteroatoms. The largest absolute Gasteiger partial charge is 0.271 e. The third kappa shape index (κ3) is 3.15. The van der Waals surface area contributed by atoms with E-state index in [2.05, 4.69) is 47.7 Å². The van der Waals surface area contributed by atoms with E-state index in [4.69, 9.17) is 5.84 Å². The minimum absolute atomic E-state index is 0.0965. The minimum Gasteiger partial charge on any atom is -0.271 e. The first kappa shape index (κ1) is 12.7. The highest BCUT2D eigenvalue weighted by Crippen LogP contribution is 2.18. The number of hydrogen-bond donors (Lipinski definition) is 2. The van der Waals surface area contributed by atoms with Crippen LogP contribution in [0.25, 0.3) is 0 Å². The van der Waals surface area contributed by atoms with Crippen molar-refractivity contribution >= 4 is 0 Å². The Kier molecular flexibility index (Phi) is 4.07. The molecular weight excluding hydrogens is 222 g/mol. The lowest BCUT2D eigenvalue weighted by molar-refractivity contribution is 0.550. The number of nitrogens with zero attached hydrogens (tertiary/aromatic N) is 1. The second-order valence-electron chi connectivity index (χ2n) is 4.71. The van der Waals surface area contributed by atoms with Crippen molar-refractivity contribution < 1.29 is 0 Å². The van der Waals surface area contributed by atoms with E-state index in [9.17, 15) is 0 Å². The molecule has 0 aliphatic rings. The van der Waals surface area contributed by atoms with E-state index >= 15 is 0 Å². The molecule has 1 aromatic heterocycles. The second kappa shape index (κ2) is 5.76. The van der Waals surface area contributed by atoms with E-state index in [1.54, 1.807) is 0 Å². The molecule has 0 bridgehead atoms. The molecule has 0 saturated heterocycles. The number of hydrazine groups is 1. The van der Waals surface area contributed by atoms with Gasteiger partial charge in [0.25, 0.3) is 0 Å². The van der Waals surface area contributed by atoms with Crippen LogP contribution in [0.15, 0.2) is 42.7 Å². The molecule has 0 fully saturated rings. The number of hydrogen-bond acceptors (Lipinski definition) is 3. The van der Waals surface area contributed by atoms with Crippen LogP contribution in [-0.2, 0) is 6.42 Å². The van der Waals surface area contributed by atoms with Gasteiger partial charge in [-0.3, -0.25) is 16.3 Å². The molecule has 0 spiro atoms. The van der Waals surface area contributed by atoms with Crippen molar-refractivity contribution in [3.63, 3.8) is 0 Å². The fourth-order valence-corrected chi connectivity index (χ4v) is 2.12. The van der Waals surface area contributed by atoms with Crippen LogP contribution in [0.4, 0.5) is 0 Å². The molecule has 0 aliphatic carbocycles. The first-order valence-electron chi connectivity index (χ1n) is 6.12. The van der Waals surface area contributed by atoms with Gasteiger partial charge in [0.05, 0.1) is 6.04 Å². The predicted octanol–water partition coefficient (Wildman–Crippen LogP) is 2.45. The van der Waals surface area contributed by atoms with Gasteiger partial charge in [-0.1, -0.05) is 35.9 Å². The van der Waals surface area contributed by atoms with E-state index in [1.807, 2.05) is 19.3 Å². The molecule has 0 amide bonds. The molecule has 18 heavy (non-hydrogen) atoms. The molecule has 1 unspecified atom stereocenters. The Bertz CT molecular complexity index is 523. The number of nitrogens with one attached hydrogen (secondary N) is 1. The van der Waals surface area contributed by atoms with Crippen molar-refractivity contribution in [1.29, 1.82) is 0 Å². The molecule has 94 valence electrons. The van der Waals surface area contributed by atoms with Gasteiger partial charge in [-0.15, -0.1) is 0 Å². The summed E-state index contributed by atoms with van der Waals surface area (Å²) in [6.45, 7) is 4.14. The van der Waals surface area contributed by atoms with Crippen LogP contribution >= 0.6 is 0 Å². The Morgan fingerprint density at radius 2 is 2.00 bits per heavy atom. The van der Waals surface area contributed by atoms with Crippen LogP contribution in [-0.4, -0.2) is 4.98 Å². The molecule has 1 heterocycles. The summed E-state index contributed by atoms with van der Waals surface area (Å²) in [6, 6.07) is 10.7. The van der Waals surface area contributed by atoms with Gasteiger partial charge in [0, 0.05) is 12.4 Å². The first-order valence-corrected chi connectivity index (χ1v) is 6.12. The number of aromatic nitrogens is 1. The van der Waals surface area contributed by atoms with Crippen molar-refractivity contribution in [2.24, 2.45) is 5.84 Å². The highest BCUT2D eigenvalue weighted by Gasteiger charge is 2.11. The van der Waals surface area contributed by atoms with E-state index in [0.717, 1.165) is 17.5 Å². The zero-order valence-corrected chi connectivity index (χ0v) is 10.9. The Morgan fingerprint density at radius 3 is 2.67 bits per heavy atom. The summed E-state index contributed by atoms with van der Waals surface area (Å²) >= 11 is 0. The third-order valence-electron chi connectivity index (χ3n) is 3.02. The summed E-state index contributed by atoms with van der Waals surface area (Å²) in [7, 11) is 0. The van der Waals surface area contributed by atoms with E-state index in [0.29, 0.717) is 0 Å². The number of rotatable bonds is 4. The molecule has 3 N–H and O–H groups in total. The highest BCUT2D eigenvalue weighted by molar-refractivity contribution is 5.26. The molecule has 0 saturated carbocycles. The summed E-state index contributed by atoms with van der Waals surface area (Å²) in [5.74, 6) is 5.66. The normalized spacial score (nSPS) is 12.4. The van der Waals surface area contributed by atoms with Crippen LogP contribution in [0.2, 0.25) is 0 Å². The molecule has 1 atom stereocenters. The first-order chi connectivity index (χ1) is 8.69. The highest BCUT2D eigenvalue weighted by atomic mass is 15.2. The van der Waals surface area contributed by atoms with Crippen molar-refractivity contribution in [3.05, 3.63) is 65.0 Å². The number of pyridine rings is 1. The van der Waals surface area contributed by atoms with E-state index in [-0.39, 0.29) is 6.04 Å². The topological polar surface area (TPSA) is 50.9 Å². The SMILES string of the molecule is Cc1cccc(CC(NN)c2cncc(C)c2)c1. The zero-order chi connectivity index (χ0) is 13.0. The van der Waals surface area contributed by atoms with Crippen LogP contribution < -0.4 is 11.3 Å². The monoisotopic (exact) mass is 241 g/mol. The molecule has 3 nitrogen and oxygen atoms in total. The van der Waals surface area contributed by atoms with Crippen molar-refractivity contribution in [2.45, 2.75) is 26.3 Å². The smallest absolute Gasteiger partial charge is 0.0515 e. The fourth-order valence-electron chi connectivity index (χ4n) is 2.12. The van der Waals surface area contributed by atoms with Gasteiger partial charge in [-0.25, -0.2) is 0 Å². The minimum atomic E-state index is 0.0965. The van der Waals surface area contributed by atoms with Gasteiger partial charge >= 0.3 is 0 Å². The molecule has 0 aliphatic heterocycles. The Balaban J connectivity index is 2.19. The standard InChI is InChI=1S/C15H19N3/c1-11-4-3-5-13(6-11)8-15(18-16)14-7-12(2)9-17-10-14/h3-7,9-10,15,18H,8,16H2,1-2H3. The van der Waals surface area contributed by atoms with Gasteiger partial charge in [-0.05, 0) is 37.0 Å². The van der Waals surface area contributed by atoms with Gasteiger partial charge in [0.2, 0.25) is 0 Å². The number of nitrogens with two attached hydrogens (primary N) is 1. The lowest BCUT2D eigenvalue weighted by atomic mass is 9.99. The Morgan fingerprint density at radius 1 is 1.17 bits per heavy atom. The summed E-state index contributed by atoms with van der Waals surface area (Å²) in [5, 5.41) is 0. The molecule has 1 aromatic carbocycles. The number of benzene rings is 1. The fraction of sp³-hybridized carbons (Fsp3) is 0.267. The number of aryl methyl sites for hydroxylation is 2. The summed E-state index contributed by atoms with van der Waals surface area (Å²) in [6.07, 6.45) is 4.58. The molecule has 2 rings (SSSR count). The zero-order valence-electron chi connectivity index (χ0n) is 10.9.